The van der Waals surface area contributed by atoms with Gasteiger partial charge in [0.25, 0.3) is 5.91 Å². The van der Waals surface area contributed by atoms with Crippen LogP contribution in [0, 0.1) is 5.92 Å². The zero-order valence-electron chi connectivity index (χ0n) is 16.0. The lowest BCUT2D eigenvalue weighted by Gasteiger charge is -2.13. The second kappa shape index (κ2) is 10.7. The van der Waals surface area contributed by atoms with Crippen molar-refractivity contribution in [2.45, 2.75) is 26.7 Å². The molecule has 0 unspecified atom stereocenters. The molecule has 0 saturated heterocycles. The van der Waals surface area contributed by atoms with E-state index in [4.69, 9.17) is 4.74 Å². The molecule has 0 aromatic heterocycles. The van der Waals surface area contributed by atoms with Crippen LogP contribution in [0.15, 0.2) is 54.6 Å². The maximum atomic E-state index is 12.3. The standard InChI is InChI=1S/C21H25N3O4/c1-15(2)14-28-18-11-7-6-10-17(18)21(27)24-23-20(26)13-12-19(25)22-16-8-4-3-5-9-16/h3-11,15H,12-14H2,1-2H3,(H,22,25)(H,23,26)(H,24,27). The summed E-state index contributed by atoms with van der Waals surface area (Å²) in [4.78, 5) is 36.1. The first kappa shape index (κ1) is 21.0. The fourth-order valence-electron chi connectivity index (χ4n) is 2.26. The van der Waals surface area contributed by atoms with Gasteiger partial charge in [-0.2, -0.15) is 0 Å². The van der Waals surface area contributed by atoms with Crippen LogP contribution < -0.4 is 20.9 Å². The lowest BCUT2D eigenvalue weighted by molar-refractivity contribution is -0.124. The van der Waals surface area contributed by atoms with Crippen LogP contribution in [0.1, 0.15) is 37.0 Å². The minimum Gasteiger partial charge on any atom is -0.492 e. The van der Waals surface area contributed by atoms with Gasteiger partial charge in [0.15, 0.2) is 0 Å². The van der Waals surface area contributed by atoms with Crippen LogP contribution in [-0.2, 0) is 9.59 Å². The smallest absolute Gasteiger partial charge is 0.273 e. The van der Waals surface area contributed by atoms with Crippen molar-refractivity contribution < 1.29 is 19.1 Å². The summed E-state index contributed by atoms with van der Waals surface area (Å²) >= 11 is 0. The molecule has 7 nitrogen and oxygen atoms in total. The van der Waals surface area contributed by atoms with Gasteiger partial charge in [0.1, 0.15) is 5.75 Å². The van der Waals surface area contributed by atoms with Crippen molar-refractivity contribution in [2.75, 3.05) is 11.9 Å². The van der Waals surface area contributed by atoms with Gasteiger partial charge in [0.05, 0.1) is 12.2 Å². The van der Waals surface area contributed by atoms with Gasteiger partial charge in [0.2, 0.25) is 11.8 Å². The summed E-state index contributed by atoms with van der Waals surface area (Å²) < 4.78 is 5.64. The summed E-state index contributed by atoms with van der Waals surface area (Å²) in [5.41, 5.74) is 5.66. The molecule has 2 aromatic rings. The Morgan fingerprint density at radius 3 is 2.21 bits per heavy atom. The summed E-state index contributed by atoms with van der Waals surface area (Å²) in [6.07, 6.45) is -0.0465. The van der Waals surface area contributed by atoms with Crippen molar-refractivity contribution in [1.29, 1.82) is 0 Å². The first-order valence-electron chi connectivity index (χ1n) is 9.11. The van der Waals surface area contributed by atoms with Crippen LogP contribution in [0.25, 0.3) is 0 Å². The quantitative estimate of drug-likeness (QED) is 0.611. The molecule has 0 saturated carbocycles. The van der Waals surface area contributed by atoms with Crippen molar-refractivity contribution in [3.63, 3.8) is 0 Å². The molecular weight excluding hydrogens is 358 g/mol. The molecule has 0 aliphatic rings. The Morgan fingerprint density at radius 1 is 0.857 bits per heavy atom. The molecule has 28 heavy (non-hydrogen) atoms. The number of benzene rings is 2. The molecule has 2 rings (SSSR count). The van der Waals surface area contributed by atoms with Gasteiger partial charge >= 0.3 is 0 Å². The van der Waals surface area contributed by atoms with E-state index in [9.17, 15) is 14.4 Å². The van der Waals surface area contributed by atoms with Crippen molar-refractivity contribution in [2.24, 2.45) is 5.92 Å². The minimum absolute atomic E-state index is 0.00465. The van der Waals surface area contributed by atoms with Crippen LogP contribution in [0.3, 0.4) is 0 Å². The maximum absolute atomic E-state index is 12.3. The molecule has 0 radical (unpaired) electrons. The number of carbonyl (C=O) groups excluding carboxylic acids is 3. The van der Waals surface area contributed by atoms with Crippen molar-refractivity contribution in [3.8, 4) is 5.75 Å². The average molecular weight is 383 g/mol. The van der Waals surface area contributed by atoms with Crippen LogP contribution >= 0.6 is 0 Å². The van der Waals surface area contributed by atoms with Crippen LogP contribution in [0.5, 0.6) is 5.75 Å². The number of para-hydroxylation sites is 2. The van der Waals surface area contributed by atoms with E-state index in [2.05, 4.69) is 16.2 Å². The monoisotopic (exact) mass is 383 g/mol. The Hall–Kier alpha value is -3.35. The van der Waals surface area contributed by atoms with Gasteiger partial charge in [0, 0.05) is 18.5 Å². The first-order chi connectivity index (χ1) is 13.5. The lowest BCUT2D eigenvalue weighted by atomic mass is 10.2. The first-order valence-corrected chi connectivity index (χ1v) is 9.11. The molecule has 148 valence electrons. The van der Waals surface area contributed by atoms with E-state index in [1.165, 1.54) is 0 Å². The topological polar surface area (TPSA) is 96.5 Å². The third-order valence-electron chi connectivity index (χ3n) is 3.66. The highest BCUT2D eigenvalue weighted by atomic mass is 16.5. The van der Waals surface area contributed by atoms with Gasteiger partial charge in [-0.15, -0.1) is 0 Å². The van der Waals surface area contributed by atoms with Gasteiger partial charge in [-0.1, -0.05) is 44.2 Å². The third kappa shape index (κ3) is 7.11. The van der Waals surface area contributed by atoms with Crippen LogP contribution in [0.4, 0.5) is 5.69 Å². The highest BCUT2D eigenvalue weighted by molar-refractivity contribution is 5.98. The fraction of sp³-hybridized carbons (Fsp3) is 0.286. The Bertz CT molecular complexity index is 806. The van der Waals surface area contributed by atoms with Gasteiger partial charge in [-0.3, -0.25) is 25.2 Å². The Labute approximate surface area is 164 Å². The highest BCUT2D eigenvalue weighted by Crippen LogP contribution is 2.18. The largest absolute Gasteiger partial charge is 0.492 e. The predicted molar refractivity (Wildman–Crippen MR) is 107 cm³/mol. The molecular formula is C21H25N3O4. The molecule has 0 aliphatic carbocycles. The van der Waals surface area contributed by atoms with Crippen molar-refractivity contribution >= 4 is 23.4 Å². The zero-order chi connectivity index (χ0) is 20.4. The summed E-state index contributed by atoms with van der Waals surface area (Å²) in [6, 6.07) is 15.8. The molecule has 0 heterocycles. The molecule has 0 aliphatic heterocycles. The highest BCUT2D eigenvalue weighted by Gasteiger charge is 2.14. The van der Waals surface area contributed by atoms with E-state index in [1.54, 1.807) is 48.5 Å². The van der Waals surface area contributed by atoms with E-state index >= 15 is 0 Å². The number of hydrogen-bond acceptors (Lipinski definition) is 4. The average Bonchev–Trinajstić information content (AvgIpc) is 2.70. The maximum Gasteiger partial charge on any atom is 0.273 e. The zero-order valence-corrected chi connectivity index (χ0v) is 16.0. The molecule has 3 N–H and O–H groups in total. The summed E-state index contributed by atoms with van der Waals surface area (Å²) in [6.45, 7) is 4.50. The second-order valence-electron chi connectivity index (χ2n) is 6.62. The Morgan fingerprint density at radius 2 is 1.50 bits per heavy atom. The summed E-state index contributed by atoms with van der Waals surface area (Å²) in [7, 11) is 0. The Kier molecular flexibility index (Phi) is 8.02. The third-order valence-corrected chi connectivity index (χ3v) is 3.66. The number of nitrogens with one attached hydrogen (secondary N) is 3. The van der Waals surface area contributed by atoms with E-state index < -0.39 is 11.8 Å². The number of anilines is 1. The second-order valence-corrected chi connectivity index (χ2v) is 6.62. The molecule has 7 heteroatoms. The lowest BCUT2D eigenvalue weighted by Crippen LogP contribution is -2.42. The summed E-state index contributed by atoms with van der Waals surface area (Å²) in [5, 5.41) is 2.70. The Balaban J connectivity index is 1.78. The van der Waals surface area contributed by atoms with Crippen LogP contribution in [-0.4, -0.2) is 24.3 Å². The normalized spacial score (nSPS) is 10.2. The molecule has 0 fully saturated rings. The molecule has 0 bridgehead atoms. The van der Waals surface area contributed by atoms with E-state index in [0.717, 1.165) is 0 Å². The molecule has 2 aromatic carbocycles. The fourth-order valence-corrected chi connectivity index (χ4v) is 2.26. The number of hydrogen-bond donors (Lipinski definition) is 3. The minimum atomic E-state index is -0.485. The van der Waals surface area contributed by atoms with Gasteiger partial charge in [-0.05, 0) is 30.2 Å². The van der Waals surface area contributed by atoms with Crippen LogP contribution in [0.2, 0.25) is 0 Å². The number of carbonyl (C=O) groups is 3. The number of hydrazine groups is 1. The SMILES string of the molecule is CC(C)COc1ccccc1C(=O)NNC(=O)CCC(=O)Nc1ccccc1. The van der Waals surface area contributed by atoms with Crippen molar-refractivity contribution in [3.05, 3.63) is 60.2 Å². The van der Waals surface area contributed by atoms with Gasteiger partial charge < -0.3 is 10.1 Å². The number of rotatable bonds is 8. The molecule has 0 atom stereocenters. The predicted octanol–water partition coefficient (Wildman–Crippen LogP) is 2.90. The van der Waals surface area contributed by atoms with E-state index in [0.29, 0.717) is 29.5 Å². The summed E-state index contributed by atoms with van der Waals surface area (Å²) in [5.74, 6) is -0.457. The van der Waals surface area contributed by atoms with Gasteiger partial charge in [-0.25, -0.2) is 0 Å². The molecule has 0 spiro atoms. The number of amides is 3. The number of ether oxygens (including phenoxy) is 1. The van der Waals surface area contributed by atoms with E-state index in [1.807, 2.05) is 19.9 Å². The van der Waals surface area contributed by atoms with E-state index in [-0.39, 0.29) is 18.7 Å². The molecule has 3 amide bonds. The van der Waals surface area contributed by atoms with Crippen molar-refractivity contribution in [1.82, 2.24) is 10.9 Å².